The molecule has 1 amide bonds. The van der Waals surface area contributed by atoms with Crippen LogP contribution in [0.25, 0.3) is 0 Å². The normalized spacial score (nSPS) is 11.4. The van der Waals surface area contributed by atoms with Crippen molar-refractivity contribution in [2.45, 2.75) is 26.1 Å². The molecule has 1 atom stereocenters. The van der Waals surface area contributed by atoms with E-state index < -0.39 is 12.1 Å². The summed E-state index contributed by atoms with van der Waals surface area (Å²) in [5, 5.41) is 0. The molecule has 0 heterocycles. The first-order valence-corrected chi connectivity index (χ1v) is 7.69. The lowest BCUT2D eigenvalue weighted by molar-refractivity contribution is -0.111. The Labute approximate surface area is 141 Å². The van der Waals surface area contributed by atoms with Crippen molar-refractivity contribution in [2.75, 3.05) is 7.11 Å². The highest BCUT2D eigenvalue weighted by atomic mass is 16.6. The fourth-order valence-electron chi connectivity index (χ4n) is 2.18. The van der Waals surface area contributed by atoms with Gasteiger partial charge < -0.3 is 14.3 Å². The van der Waals surface area contributed by atoms with Gasteiger partial charge in [0.25, 0.3) is 0 Å². The average molecular weight is 327 g/mol. The van der Waals surface area contributed by atoms with E-state index in [-0.39, 0.29) is 13.2 Å². The summed E-state index contributed by atoms with van der Waals surface area (Å²) >= 11 is 0. The SMILES string of the molecule is COc1ccc(CN(C(=O)OCc2ccccc2)C(C)C=O)cc1. The van der Waals surface area contributed by atoms with Gasteiger partial charge in [0.2, 0.25) is 0 Å². The first kappa shape index (κ1) is 17.5. The van der Waals surface area contributed by atoms with Crippen molar-refractivity contribution in [3.8, 4) is 5.75 Å². The zero-order valence-corrected chi connectivity index (χ0v) is 13.8. The summed E-state index contributed by atoms with van der Waals surface area (Å²) in [6.45, 7) is 2.13. The van der Waals surface area contributed by atoms with Crippen LogP contribution in [0.15, 0.2) is 54.6 Å². The van der Waals surface area contributed by atoms with E-state index in [0.717, 1.165) is 23.2 Å². The number of carbonyl (C=O) groups is 2. The standard InChI is InChI=1S/C19H21NO4/c1-15(13-21)20(12-16-8-10-18(23-2)11-9-16)19(22)24-14-17-6-4-3-5-7-17/h3-11,13,15H,12,14H2,1-2H3. The number of aldehydes is 1. The van der Waals surface area contributed by atoms with Crippen LogP contribution in [-0.4, -0.2) is 30.4 Å². The van der Waals surface area contributed by atoms with Crippen molar-refractivity contribution in [2.24, 2.45) is 0 Å². The van der Waals surface area contributed by atoms with Gasteiger partial charge in [-0.3, -0.25) is 4.90 Å². The van der Waals surface area contributed by atoms with Gasteiger partial charge in [-0.2, -0.15) is 0 Å². The van der Waals surface area contributed by atoms with E-state index in [9.17, 15) is 9.59 Å². The van der Waals surface area contributed by atoms with Crippen LogP contribution >= 0.6 is 0 Å². The van der Waals surface area contributed by atoms with Gasteiger partial charge in [-0.1, -0.05) is 42.5 Å². The second-order valence-electron chi connectivity index (χ2n) is 5.39. The highest BCUT2D eigenvalue weighted by molar-refractivity contribution is 5.73. The van der Waals surface area contributed by atoms with E-state index in [2.05, 4.69) is 0 Å². The second-order valence-corrected chi connectivity index (χ2v) is 5.39. The third-order valence-electron chi connectivity index (χ3n) is 3.64. The predicted molar refractivity (Wildman–Crippen MR) is 90.7 cm³/mol. The van der Waals surface area contributed by atoms with Gasteiger partial charge in [-0.25, -0.2) is 4.79 Å². The molecule has 126 valence electrons. The lowest BCUT2D eigenvalue weighted by Gasteiger charge is -2.25. The van der Waals surface area contributed by atoms with Gasteiger partial charge in [0.05, 0.1) is 13.2 Å². The van der Waals surface area contributed by atoms with Gasteiger partial charge >= 0.3 is 6.09 Å². The van der Waals surface area contributed by atoms with Gasteiger partial charge in [0, 0.05) is 6.54 Å². The van der Waals surface area contributed by atoms with E-state index >= 15 is 0 Å². The Morgan fingerprint density at radius 2 is 1.75 bits per heavy atom. The molecule has 0 saturated carbocycles. The first-order valence-electron chi connectivity index (χ1n) is 7.69. The fourth-order valence-corrected chi connectivity index (χ4v) is 2.18. The van der Waals surface area contributed by atoms with Crippen LogP contribution in [0.4, 0.5) is 4.79 Å². The largest absolute Gasteiger partial charge is 0.497 e. The van der Waals surface area contributed by atoms with Crippen LogP contribution in [0.1, 0.15) is 18.1 Å². The molecule has 5 nitrogen and oxygen atoms in total. The molecule has 0 aliphatic heterocycles. The van der Waals surface area contributed by atoms with Crippen LogP contribution in [-0.2, 0) is 22.7 Å². The van der Waals surface area contributed by atoms with Gasteiger partial charge in [-0.15, -0.1) is 0 Å². The lowest BCUT2D eigenvalue weighted by atomic mass is 10.2. The first-order chi connectivity index (χ1) is 11.6. The minimum absolute atomic E-state index is 0.171. The third kappa shape index (κ3) is 4.84. The van der Waals surface area contributed by atoms with Crippen LogP contribution < -0.4 is 4.74 Å². The Hall–Kier alpha value is -2.82. The highest BCUT2D eigenvalue weighted by Crippen LogP contribution is 2.15. The topological polar surface area (TPSA) is 55.8 Å². The monoisotopic (exact) mass is 327 g/mol. The molecule has 0 saturated heterocycles. The van der Waals surface area contributed by atoms with Crippen LogP contribution in [0.2, 0.25) is 0 Å². The molecular formula is C19H21NO4. The van der Waals surface area contributed by atoms with E-state index in [1.54, 1.807) is 14.0 Å². The summed E-state index contributed by atoms with van der Waals surface area (Å²) in [4.78, 5) is 24.9. The average Bonchev–Trinajstić information content (AvgIpc) is 2.65. The van der Waals surface area contributed by atoms with Crippen molar-refractivity contribution in [3.63, 3.8) is 0 Å². The molecule has 0 spiro atoms. The van der Waals surface area contributed by atoms with Crippen molar-refractivity contribution >= 4 is 12.4 Å². The molecule has 0 bridgehead atoms. The molecule has 5 heteroatoms. The number of hydrogen-bond acceptors (Lipinski definition) is 4. The summed E-state index contributed by atoms with van der Waals surface area (Å²) in [5.41, 5.74) is 1.79. The summed E-state index contributed by atoms with van der Waals surface area (Å²) in [6.07, 6.45) is 0.210. The van der Waals surface area contributed by atoms with Crippen LogP contribution in [0, 0.1) is 0 Å². The Morgan fingerprint density at radius 3 is 2.33 bits per heavy atom. The molecule has 1 unspecified atom stereocenters. The maximum atomic E-state index is 12.4. The zero-order valence-electron chi connectivity index (χ0n) is 13.8. The van der Waals surface area contributed by atoms with Crippen molar-refractivity contribution in [1.29, 1.82) is 0 Å². The number of methoxy groups -OCH3 is 1. The number of ether oxygens (including phenoxy) is 2. The Morgan fingerprint density at radius 1 is 1.08 bits per heavy atom. The predicted octanol–water partition coefficient (Wildman–Crippen LogP) is 3.42. The van der Waals surface area contributed by atoms with E-state index in [0.29, 0.717) is 0 Å². The minimum Gasteiger partial charge on any atom is -0.497 e. The zero-order chi connectivity index (χ0) is 17.4. The minimum atomic E-state index is -0.574. The number of benzene rings is 2. The maximum Gasteiger partial charge on any atom is 0.411 e. The van der Waals surface area contributed by atoms with Crippen LogP contribution in [0.3, 0.4) is 0 Å². The molecule has 0 aromatic heterocycles. The molecule has 0 N–H and O–H groups in total. The smallest absolute Gasteiger partial charge is 0.411 e. The molecule has 0 fully saturated rings. The molecular weight excluding hydrogens is 306 g/mol. The molecule has 0 aliphatic carbocycles. The number of hydrogen-bond donors (Lipinski definition) is 0. The quantitative estimate of drug-likeness (QED) is 0.731. The van der Waals surface area contributed by atoms with Crippen LogP contribution in [0.5, 0.6) is 5.75 Å². The molecule has 0 radical (unpaired) electrons. The third-order valence-corrected chi connectivity index (χ3v) is 3.64. The van der Waals surface area contributed by atoms with E-state index in [4.69, 9.17) is 9.47 Å². The summed E-state index contributed by atoms with van der Waals surface area (Å²) in [6, 6.07) is 16.2. The number of nitrogens with zero attached hydrogens (tertiary/aromatic N) is 1. The maximum absolute atomic E-state index is 12.4. The number of rotatable bonds is 7. The molecule has 2 rings (SSSR count). The molecule has 24 heavy (non-hydrogen) atoms. The fraction of sp³-hybridized carbons (Fsp3) is 0.263. The van der Waals surface area contributed by atoms with E-state index in [1.807, 2.05) is 54.6 Å². The summed E-state index contributed by atoms with van der Waals surface area (Å²) < 4.78 is 10.5. The Kier molecular flexibility index (Phi) is 6.37. The van der Waals surface area contributed by atoms with Crippen molar-refractivity contribution in [3.05, 3.63) is 65.7 Å². The summed E-state index contributed by atoms with van der Waals surface area (Å²) in [7, 11) is 1.59. The van der Waals surface area contributed by atoms with Crippen molar-refractivity contribution in [1.82, 2.24) is 4.90 Å². The van der Waals surface area contributed by atoms with E-state index in [1.165, 1.54) is 4.90 Å². The highest BCUT2D eigenvalue weighted by Gasteiger charge is 2.21. The number of carbonyl (C=O) groups excluding carboxylic acids is 2. The lowest BCUT2D eigenvalue weighted by Crippen LogP contribution is -2.39. The molecule has 2 aromatic rings. The summed E-state index contributed by atoms with van der Waals surface area (Å²) in [5.74, 6) is 0.736. The Balaban J connectivity index is 2.03. The van der Waals surface area contributed by atoms with Crippen molar-refractivity contribution < 1.29 is 19.1 Å². The second kappa shape index (κ2) is 8.72. The van der Waals surface area contributed by atoms with Gasteiger partial charge in [0.1, 0.15) is 18.6 Å². The number of amides is 1. The Bertz CT molecular complexity index is 655. The van der Waals surface area contributed by atoms with Gasteiger partial charge in [0.15, 0.2) is 0 Å². The van der Waals surface area contributed by atoms with Gasteiger partial charge in [-0.05, 0) is 30.2 Å². The molecule has 2 aromatic carbocycles. The molecule has 0 aliphatic rings.